The summed E-state index contributed by atoms with van der Waals surface area (Å²) in [5.41, 5.74) is 1.22. The second-order valence-electron chi connectivity index (χ2n) is 3.89. The SMILES string of the molecule is CCOC(=O)/C=C(/CC(=O)OCC)Nc1ccccc1. The van der Waals surface area contributed by atoms with Crippen LogP contribution in [0.2, 0.25) is 0 Å². The molecule has 20 heavy (non-hydrogen) atoms. The van der Waals surface area contributed by atoms with Crippen LogP contribution in [0.5, 0.6) is 0 Å². The second kappa shape index (κ2) is 8.74. The van der Waals surface area contributed by atoms with Crippen molar-refractivity contribution >= 4 is 17.6 Å². The molecule has 0 atom stereocenters. The van der Waals surface area contributed by atoms with E-state index in [0.717, 1.165) is 5.69 Å². The lowest BCUT2D eigenvalue weighted by atomic mass is 10.2. The summed E-state index contributed by atoms with van der Waals surface area (Å²) in [5, 5.41) is 3.02. The minimum absolute atomic E-state index is 0.0124. The summed E-state index contributed by atoms with van der Waals surface area (Å²) < 4.78 is 9.72. The van der Waals surface area contributed by atoms with Gasteiger partial charge in [-0.2, -0.15) is 0 Å². The van der Waals surface area contributed by atoms with Gasteiger partial charge in [0.2, 0.25) is 0 Å². The molecule has 0 aliphatic heterocycles. The monoisotopic (exact) mass is 277 g/mol. The van der Waals surface area contributed by atoms with E-state index in [-0.39, 0.29) is 13.0 Å². The second-order valence-corrected chi connectivity index (χ2v) is 3.89. The molecule has 0 aliphatic carbocycles. The Morgan fingerprint density at radius 2 is 1.75 bits per heavy atom. The number of carbonyl (C=O) groups is 2. The minimum Gasteiger partial charge on any atom is -0.466 e. The first-order chi connectivity index (χ1) is 9.65. The Kier molecular flexibility index (Phi) is 6.89. The smallest absolute Gasteiger partial charge is 0.332 e. The molecule has 0 aromatic heterocycles. The molecule has 5 heteroatoms. The summed E-state index contributed by atoms with van der Waals surface area (Å²) in [4.78, 5) is 23.0. The Morgan fingerprint density at radius 1 is 1.10 bits per heavy atom. The van der Waals surface area contributed by atoms with E-state index in [0.29, 0.717) is 12.3 Å². The molecule has 0 fully saturated rings. The van der Waals surface area contributed by atoms with Crippen molar-refractivity contribution in [1.29, 1.82) is 0 Å². The zero-order valence-electron chi connectivity index (χ0n) is 11.7. The molecule has 0 spiro atoms. The molecule has 1 N–H and O–H groups in total. The third-order valence-corrected chi connectivity index (χ3v) is 2.30. The van der Waals surface area contributed by atoms with Crippen LogP contribution >= 0.6 is 0 Å². The molecule has 0 heterocycles. The number of anilines is 1. The maximum Gasteiger partial charge on any atom is 0.332 e. The van der Waals surface area contributed by atoms with E-state index in [9.17, 15) is 9.59 Å². The van der Waals surface area contributed by atoms with Crippen LogP contribution in [0.4, 0.5) is 5.69 Å². The van der Waals surface area contributed by atoms with Gasteiger partial charge in [0, 0.05) is 17.5 Å². The van der Waals surface area contributed by atoms with Gasteiger partial charge in [-0.05, 0) is 26.0 Å². The summed E-state index contributed by atoms with van der Waals surface area (Å²) in [5.74, 6) is -0.887. The van der Waals surface area contributed by atoms with Crippen molar-refractivity contribution in [1.82, 2.24) is 0 Å². The van der Waals surface area contributed by atoms with Gasteiger partial charge in [0.05, 0.1) is 19.6 Å². The lowest BCUT2D eigenvalue weighted by Gasteiger charge is -2.10. The van der Waals surface area contributed by atoms with Crippen LogP contribution in [0.15, 0.2) is 42.1 Å². The number of nitrogens with one attached hydrogen (secondary N) is 1. The van der Waals surface area contributed by atoms with Crippen LogP contribution in [0.3, 0.4) is 0 Å². The predicted octanol–water partition coefficient (Wildman–Crippen LogP) is 2.50. The normalized spacial score (nSPS) is 10.8. The van der Waals surface area contributed by atoms with Gasteiger partial charge >= 0.3 is 11.9 Å². The number of ether oxygens (including phenoxy) is 2. The van der Waals surface area contributed by atoms with Gasteiger partial charge in [0.1, 0.15) is 0 Å². The third-order valence-electron chi connectivity index (χ3n) is 2.30. The Balaban J connectivity index is 2.78. The maximum atomic E-state index is 11.5. The molecule has 1 aromatic carbocycles. The Bertz CT molecular complexity index is 468. The molecule has 0 saturated heterocycles. The van der Waals surface area contributed by atoms with Gasteiger partial charge in [-0.15, -0.1) is 0 Å². The number of rotatable bonds is 7. The van der Waals surface area contributed by atoms with E-state index in [1.807, 2.05) is 30.3 Å². The van der Waals surface area contributed by atoms with E-state index in [1.54, 1.807) is 13.8 Å². The van der Waals surface area contributed by atoms with Crippen LogP contribution < -0.4 is 5.32 Å². The van der Waals surface area contributed by atoms with Crippen molar-refractivity contribution in [2.24, 2.45) is 0 Å². The van der Waals surface area contributed by atoms with Crippen molar-refractivity contribution < 1.29 is 19.1 Å². The van der Waals surface area contributed by atoms with Crippen molar-refractivity contribution in [2.75, 3.05) is 18.5 Å². The van der Waals surface area contributed by atoms with Crippen molar-refractivity contribution in [3.8, 4) is 0 Å². The summed E-state index contributed by atoms with van der Waals surface area (Å²) in [6.45, 7) is 4.04. The quantitative estimate of drug-likeness (QED) is 0.613. The van der Waals surface area contributed by atoms with Gasteiger partial charge in [-0.25, -0.2) is 4.79 Å². The van der Waals surface area contributed by atoms with Gasteiger partial charge in [-0.1, -0.05) is 18.2 Å². The van der Waals surface area contributed by atoms with E-state index in [1.165, 1.54) is 6.08 Å². The molecule has 1 rings (SSSR count). The number of carbonyl (C=O) groups excluding carboxylic acids is 2. The standard InChI is InChI=1S/C15H19NO4/c1-3-19-14(17)10-13(11-15(18)20-4-2)16-12-8-6-5-7-9-12/h5-10,16H,3-4,11H2,1-2H3/b13-10-. The third kappa shape index (κ3) is 6.04. The first-order valence-electron chi connectivity index (χ1n) is 6.50. The lowest BCUT2D eigenvalue weighted by Crippen LogP contribution is -2.12. The van der Waals surface area contributed by atoms with Gasteiger partial charge in [0.25, 0.3) is 0 Å². The first kappa shape index (κ1) is 15.8. The molecule has 0 aliphatic rings. The molecule has 0 radical (unpaired) electrons. The average Bonchev–Trinajstić information content (AvgIpc) is 2.40. The number of esters is 2. The zero-order chi connectivity index (χ0) is 14.8. The summed E-state index contributed by atoms with van der Waals surface area (Å²) in [6, 6.07) is 9.27. The van der Waals surface area contributed by atoms with E-state index < -0.39 is 11.9 Å². The predicted molar refractivity (Wildman–Crippen MR) is 76.0 cm³/mol. The fourth-order valence-electron chi connectivity index (χ4n) is 1.53. The Hall–Kier alpha value is -2.30. The molecule has 0 unspecified atom stereocenters. The molecule has 108 valence electrons. The molecular formula is C15H19NO4. The van der Waals surface area contributed by atoms with Crippen molar-refractivity contribution in [3.05, 3.63) is 42.1 Å². The fourth-order valence-corrected chi connectivity index (χ4v) is 1.53. The van der Waals surface area contributed by atoms with Crippen molar-refractivity contribution in [3.63, 3.8) is 0 Å². The fraction of sp³-hybridized carbons (Fsp3) is 0.333. The average molecular weight is 277 g/mol. The molecule has 0 saturated carbocycles. The maximum absolute atomic E-state index is 11.5. The summed E-state index contributed by atoms with van der Waals surface area (Å²) in [7, 11) is 0. The Morgan fingerprint density at radius 3 is 2.35 bits per heavy atom. The van der Waals surface area contributed by atoms with Crippen LogP contribution in [0, 0.1) is 0 Å². The van der Waals surface area contributed by atoms with Crippen LogP contribution in [-0.4, -0.2) is 25.2 Å². The number of para-hydroxylation sites is 1. The topological polar surface area (TPSA) is 64.6 Å². The molecule has 0 amide bonds. The molecule has 0 bridgehead atoms. The molecular weight excluding hydrogens is 258 g/mol. The highest BCUT2D eigenvalue weighted by Gasteiger charge is 2.10. The van der Waals surface area contributed by atoms with E-state index in [4.69, 9.17) is 9.47 Å². The minimum atomic E-state index is -0.491. The van der Waals surface area contributed by atoms with Gasteiger partial charge in [0.15, 0.2) is 0 Å². The largest absolute Gasteiger partial charge is 0.466 e. The number of hydrogen-bond donors (Lipinski definition) is 1. The highest BCUT2D eigenvalue weighted by molar-refractivity contribution is 5.85. The van der Waals surface area contributed by atoms with Crippen LogP contribution in [0.1, 0.15) is 20.3 Å². The van der Waals surface area contributed by atoms with E-state index >= 15 is 0 Å². The molecule has 5 nitrogen and oxygen atoms in total. The summed E-state index contributed by atoms with van der Waals surface area (Å²) in [6.07, 6.45) is 1.26. The Labute approximate surface area is 118 Å². The highest BCUT2D eigenvalue weighted by atomic mass is 16.5. The van der Waals surface area contributed by atoms with Crippen LogP contribution in [-0.2, 0) is 19.1 Å². The summed E-state index contributed by atoms with van der Waals surface area (Å²) >= 11 is 0. The highest BCUT2D eigenvalue weighted by Crippen LogP contribution is 2.12. The zero-order valence-corrected chi connectivity index (χ0v) is 11.7. The van der Waals surface area contributed by atoms with Gasteiger partial charge < -0.3 is 14.8 Å². The first-order valence-corrected chi connectivity index (χ1v) is 6.50. The lowest BCUT2D eigenvalue weighted by molar-refractivity contribution is -0.142. The number of hydrogen-bond acceptors (Lipinski definition) is 5. The van der Waals surface area contributed by atoms with Gasteiger partial charge in [-0.3, -0.25) is 4.79 Å². The van der Waals surface area contributed by atoms with Crippen molar-refractivity contribution in [2.45, 2.75) is 20.3 Å². The van der Waals surface area contributed by atoms with Crippen LogP contribution in [0.25, 0.3) is 0 Å². The number of benzene rings is 1. The molecule has 1 aromatic rings. The van der Waals surface area contributed by atoms with E-state index in [2.05, 4.69) is 5.32 Å².